The number of anilines is 3. The Labute approximate surface area is 317 Å². The van der Waals surface area contributed by atoms with Gasteiger partial charge < -0.3 is 18.2 Å². The zero-order valence-electron chi connectivity index (χ0n) is 29.2. The number of furan rings is 3. The summed E-state index contributed by atoms with van der Waals surface area (Å²) in [6, 6.07) is 59.1. The van der Waals surface area contributed by atoms with Crippen LogP contribution in [0.4, 0.5) is 17.1 Å². The highest BCUT2D eigenvalue weighted by molar-refractivity contribution is 7.21. The third kappa shape index (κ3) is 4.75. The second-order valence-corrected chi connectivity index (χ2v) is 15.0. The fourth-order valence-electron chi connectivity index (χ4n) is 8.11. The summed E-state index contributed by atoms with van der Waals surface area (Å²) in [5, 5.41) is 7.50. The lowest BCUT2D eigenvalue weighted by Crippen LogP contribution is -2.10. The van der Waals surface area contributed by atoms with Crippen molar-refractivity contribution in [2.75, 3.05) is 4.90 Å². The van der Waals surface area contributed by atoms with E-state index in [2.05, 4.69) is 138 Å². The Morgan fingerprint density at radius 1 is 0.400 bits per heavy atom. The molecular formula is C49H28N2O3S. The first-order valence-corrected chi connectivity index (χ1v) is 19.1. The predicted octanol–water partition coefficient (Wildman–Crippen LogP) is 14.8. The van der Waals surface area contributed by atoms with Crippen LogP contribution < -0.4 is 4.90 Å². The third-order valence-corrected chi connectivity index (χ3v) is 11.8. The van der Waals surface area contributed by atoms with Crippen molar-refractivity contribution < 1.29 is 13.3 Å². The maximum atomic E-state index is 6.38. The zero-order valence-corrected chi connectivity index (χ0v) is 30.0. The molecule has 0 amide bonds. The van der Waals surface area contributed by atoms with Crippen LogP contribution in [0.3, 0.4) is 0 Å². The number of hydrogen-bond donors (Lipinski definition) is 0. The molecule has 0 aliphatic carbocycles. The van der Waals surface area contributed by atoms with Gasteiger partial charge in [0, 0.05) is 56.0 Å². The molecule has 0 saturated heterocycles. The van der Waals surface area contributed by atoms with Crippen LogP contribution in [0.5, 0.6) is 0 Å². The van der Waals surface area contributed by atoms with Crippen LogP contribution >= 0.6 is 11.3 Å². The summed E-state index contributed by atoms with van der Waals surface area (Å²) in [6.07, 6.45) is 0. The molecule has 12 rings (SSSR count). The molecule has 0 N–H and O–H groups in total. The Morgan fingerprint density at radius 3 is 1.89 bits per heavy atom. The summed E-state index contributed by atoms with van der Waals surface area (Å²) in [7, 11) is 0. The summed E-state index contributed by atoms with van der Waals surface area (Å²) < 4.78 is 20.2. The summed E-state index contributed by atoms with van der Waals surface area (Å²) in [6.45, 7) is 0. The average molecular weight is 725 g/mol. The molecule has 0 unspecified atom stereocenters. The van der Waals surface area contributed by atoms with Crippen molar-refractivity contribution in [2.45, 2.75) is 0 Å². The smallest absolute Gasteiger partial charge is 0.137 e. The van der Waals surface area contributed by atoms with E-state index in [1.165, 1.54) is 0 Å². The molecule has 0 fully saturated rings. The Balaban J connectivity index is 0.982. The molecule has 0 radical (unpaired) electrons. The van der Waals surface area contributed by atoms with E-state index < -0.39 is 0 Å². The van der Waals surface area contributed by atoms with Gasteiger partial charge >= 0.3 is 0 Å². The minimum Gasteiger partial charge on any atom is -0.456 e. The first-order chi connectivity index (χ1) is 27.2. The molecule has 4 aromatic heterocycles. The van der Waals surface area contributed by atoms with Gasteiger partial charge in [0.1, 0.15) is 38.5 Å². The van der Waals surface area contributed by atoms with Gasteiger partial charge in [-0.2, -0.15) is 0 Å². The van der Waals surface area contributed by atoms with E-state index in [1.54, 1.807) is 11.3 Å². The summed E-state index contributed by atoms with van der Waals surface area (Å²) in [5.74, 6) is 0. The number of para-hydroxylation sites is 2. The maximum absolute atomic E-state index is 6.38. The van der Waals surface area contributed by atoms with Crippen molar-refractivity contribution in [3.63, 3.8) is 0 Å². The Hall–Kier alpha value is -7.15. The van der Waals surface area contributed by atoms with Gasteiger partial charge in [-0.05, 0) is 77.9 Å². The van der Waals surface area contributed by atoms with Gasteiger partial charge in [-0.1, -0.05) is 91.0 Å². The molecule has 55 heavy (non-hydrogen) atoms. The molecule has 5 nitrogen and oxygen atoms in total. The van der Waals surface area contributed by atoms with Gasteiger partial charge in [-0.25, -0.2) is 4.98 Å². The van der Waals surface area contributed by atoms with Crippen molar-refractivity contribution in [3.8, 4) is 21.7 Å². The highest BCUT2D eigenvalue weighted by Crippen LogP contribution is 2.45. The fourth-order valence-corrected chi connectivity index (χ4v) is 9.09. The first-order valence-electron chi connectivity index (χ1n) is 18.3. The van der Waals surface area contributed by atoms with Crippen molar-refractivity contribution in [1.29, 1.82) is 0 Å². The van der Waals surface area contributed by atoms with Crippen molar-refractivity contribution >= 4 is 104 Å². The maximum Gasteiger partial charge on any atom is 0.137 e. The molecule has 0 bridgehead atoms. The lowest BCUT2D eigenvalue weighted by atomic mass is 10.0. The molecule has 8 aromatic carbocycles. The number of benzene rings is 8. The van der Waals surface area contributed by atoms with Gasteiger partial charge in [0.05, 0.1) is 21.3 Å². The van der Waals surface area contributed by atoms with E-state index in [1.807, 2.05) is 36.4 Å². The molecule has 12 aromatic rings. The van der Waals surface area contributed by atoms with Gasteiger partial charge in [-0.15, -0.1) is 11.3 Å². The normalized spacial score (nSPS) is 12.0. The quantitative estimate of drug-likeness (QED) is 0.177. The van der Waals surface area contributed by atoms with Gasteiger partial charge in [0.2, 0.25) is 0 Å². The Bertz CT molecular complexity index is 3440. The van der Waals surface area contributed by atoms with E-state index in [9.17, 15) is 0 Å². The molecule has 0 spiro atoms. The van der Waals surface area contributed by atoms with Crippen LogP contribution in [0, 0.1) is 0 Å². The van der Waals surface area contributed by atoms with Crippen LogP contribution in [0.2, 0.25) is 0 Å². The molecule has 6 heteroatoms. The lowest BCUT2D eigenvalue weighted by molar-refractivity contribution is 0.668. The zero-order chi connectivity index (χ0) is 36.0. The van der Waals surface area contributed by atoms with Crippen LogP contribution in [-0.2, 0) is 0 Å². The number of rotatable bonds is 5. The largest absolute Gasteiger partial charge is 0.456 e. The fraction of sp³-hybridized carbons (Fsp3) is 0. The summed E-state index contributed by atoms with van der Waals surface area (Å²) in [5.41, 5.74) is 12.5. The topological polar surface area (TPSA) is 55.6 Å². The number of thiazole rings is 1. The number of aromatic nitrogens is 1. The summed E-state index contributed by atoms with van der Waals surface area (Å²) >= 11 is 1.69. The number of hydrogen-bond acceptors (Lipinski definition) is 6. The lowest BCUT2D eigenvalue weighted by Gasteiger charge is -2.26. The Kier molecular flexibility index (Phi) is 6.44. The average Bonchev–Trinajstić information content (AvgIpc) is 4.01. The van der Waals surface area contributed by atoms with Crippen molar-refractivity contribution in [2.24, 2.45) is 0 Å². The van der Waals surface area contributed by atoms with E-state index >= 15 is 0 Å². The first kappa shape index (κ1) is 30.3. The Morgan fingerprint density at radius 2 is 1.04 bits per heavy atom. The van der Waals surface area contributed by atoms with Gasteiger partial charge in [0.15, 0.2) is 0 Å². The molecule has 258 valence electrons. The van der Waals surface area contributed by atoms with Crippen LogP contribution in [0.15, 0.2) is 183 Å². The molecule has 0 saturated carbocycles. The number of nitrogens with zero attached hydrogens (tertiary/aromatic N) is 2. The van der Waals surface area contributed by atoms with Crippen LogP contribution in [0.1, 0.15) is 0 Å². The third-order valence-electron chi connectivity index (χ3n) is 10.7. The van der Waals surface area contributed by atoms with Crippen LogP contribution in [-0.4, -0.2) is 4.98 Å². The van der Waals surface area contributed by atoms with E-state index in [0.717, 1.165) is 115 Å². The molecule has 0 atom stereocenters. The summed E-state index contributed by atoms with van der Waals surface area (Å²) in [4.78, 5) is 7.30. The second kappa shape index (κ2) is 11.7. The van der Waals surface area contributed by atoms with E-state index in [-0.39, 0.29) is 0 Å². The van der Waals surface area contributed by atoms with Gasteiger partial charge in [0.25, 0.3) is 0 Å². The van der Waals surface area contributed by atoms with Gasteiger partial charge in [-0.3, -0.25) is 0 Å². The molecule has 0 aliphatic heterocycles. The van der Waals surface area contributed by atoms with Crippen LogP contribution in [0.25, 0.3) is 97.7 Å². The molecule has 0 aliphatic rings. The highest BCUT2D eigenvalue weighted by Gasteiger charge is 2.21. The van der Waals surface area contributed by atoms with Crippen molar-refractivity contribution in [3.05, 3.63) is 170 Å². The van der Waals surface area contributed by atoms with E-state index in [4.69, 9.17) is 18.2 Å². The minimum absolute atomic E-state index is 0.844. The SMILES string of the molecule is c1ccc(-c2nc3cc4c(cc3s2)oc2ccc(-c3ccc(N(c5ccc6c(c5)oc5ccccc56)c5cccc6oc7ccccc7c56)cc3)cc24)cc1. The van der Waals surface area contributed by atoms with E-state index in [0.29, 0.717) is 0 Å². The second-order valence-electron chi connectivity index (χ2n) is 13.9. The standard InChI is InChI=1S/C49H28N2O3S/c1-2-9-30(10-3-1)49-50-39-27-38-37-25-31(19-24-43(37)54-46(38)28-47(39)55-49)29-17-20-32(21-18-29)51(33-22-23-35-34-11-4-6-14-41(34)53-45(35)26-33)40-13-8-16-44-48(40)36-12-5-7-15-42(36)52-44/h1-28H. The molecule has 4 heterocycles. The monoisotopic (exact) mass is 724 g/mol. The minimum atomic E-state index is 0.844. The predicted molar refractivity (Wildman–Crippen MR) is 227 cm³/mol. The molecular weight excluding hydrogens is 697 g/mol. The van der Waals surface area contributed by atoms with Crippen molar-refractivity contribution in [1.82, 2.24) is 4.98 Å². The number of fused-ring (bicyclic) bond motifs is 10. The highest BCUT2D eigenvalue weighted by atomic mass is 32.1.